The minimum atomic E-state index is -3.06. The second-order valence-corrected chi connectivity index (χ2v) is 14.8. The molecule has 0 radical (unpaired) electrons. The van der Waals surface area contributed by atoms with Crippen molar-refractivity contribution in [3.8, 4) is 12.3 Å². The van der Waals surface area contributed by atoms with Gasteiger partial charge in [0.2, 0.25) is 0 Å². The summed E-state index contributed by atoms with van der Waals surface area (Å²) in [6.45, 7) is 6.09. The summed E-state index contributed by atoms with van der Waals surface area (Å²) >= 11 is 0. The van der Waals surface area contributed by atoms with Crippen LogP contribution in [-0.4, -0.2) is 46.2 Å². The Morgan fingerprint density at radius 3 is 2.37 bits per heavy atom. The van der Waals surface area contributed by atoms with Crippen molar-refractivity contribution in [3.05, 3.63) is 79.0 Å². The Hall–Kier alpha value is -3.55. The number of terminal acetylenes is 1. The molecule has 0 spiro atoms. The highest BCUT2D eigenvalue weighted by atomic mass is 28.4. The topological polar surface area (TPSA) is 95.4 Å². The van der Waals surface area contributed by atoms with Crippen LogP contribution in [0.15, 0.2) is 73.2 Å². The molecule has 3 heterocycles. The molecule has 1 aliphatic heterocycles. The van der Waals surface area contributed by atoms with E-state index < -0.39 is 32.0 Å². The molecule has 1 fully saturated rings. The molecule has 1 aliphatic rings. The third kappa shape index (κ3) is 4.10. The van der Waals surface area contributed by atoms with Crippen LogP contribution in [0.5, 0.6) is 0 Å². The number of halogens is 1. The van der Waals surface area contributed by atoms with E-state index in [1.807, 2.05) is 60.7 Å². The van der Waals surface area contributed by atoms with E-state index in [1.165, 1.54) is 17.1 Å². The van der Waals surface area contributed by atoms with Gasteiger partial charge >= 0.3 is 0 Å². The zero-order valence-electron chi connectivity index (χ0n) is 22.6. The summed E-state index contributed by atoms with van der Waals surface area (Å²) in [5, 5.41) is 13.1. The molecule has 1 saturated heterocycles. The summed E-state index contributed by atoms with van der Waals surface area (Å²) in [7, 11) is -3.06. The molecule has 0 amide bonds. The number of nitrogen functional groups attached to an aromatic ring is 1. The summed E-state index contributed by atoms with van der Waals surface area (Å²) in [6.07, 6.45) is 4.90. The molecule has 0 bridgehead atoms. The third-order valence-electron chi connectivity index (χ3n) is 7.22. The molecule has 3 N–H and O–H groups in total. The number of ether oxygens (including phenoxy) is 1. The molecule has 0 unspecified atom stereocenters. The Morgan fingerprint density at radius 2 is 1.82 bits per heavy atom. The standard InChI is InChI=1S/C29H31FN4O3Si/c1-5-29(23(35)16-24(37-29)34-17-22(30)25-26(31)32-19-33-27(25)34)18-36-38(28(2,3)4,20-12-8-6-9-13-20)21-14-10-7-11-15-21/h1,6-15,17,19,23-24,35H,16,18H2,2-4H3,(H2,31,32,33)/t23-,24-,29-/m1/s1/i23D. The highest BCUT2D eigenvalue weighted by molar-refractivity contribution is 6.99. The highest BCUT2D eigenvalue weighted by Crippen LogP contribution is 2.42. The largest absolute Gasteiger partial charge is 0.403 e. The molecule has 5 rings (SSSR count). The molecular weight excluding hydrogens is 499 g/mol. The van der Waals surface area contributed by atoms with Crippen LogP contribution in [0.25, 0.3) is 11.0 Å². The molecule has 2 aromatic heterocycles. The number of anilines is 1. The second kappa shape index (κ2) is 9.64. The van der Waals surface area contributed by atoms with Crippen LogP contribution < -0.4 is 16.1 Å². The van der Waals surface area contributed by atoms with E-state index in [-0.39, 0.29) is 34.9 Å². The van der Waals surface area contributed by atoms with E-state index in [4.69, 9.17) is 22.7 Å². The first kappa shape index (κ1) is 24.8. The zero-order valence-corrected chi connectivity index (χ0v) is 22.6. The number of nitrogens with two attached hydrogens (primary N) is 1. The van der Waals surface area contributed by atoms with Crippen LogP contribution in [0, 0.1) is 18.2 Å². The Bertz CT molecular complexity index is 1500. The van der Waals surface area contributed by atoms with Gasteiger partial charge in [0.15, 0.2) is 17.1 Å². The van der Waals surface area contributed by atoms with E-state index >= 15 is 0 Å². The molecule has 7 nitrogen and oxygen atoms in total. The van der Waals surface area contributed by atoms with Crippen LogP contribution in [-0.2, 0) is 9.16 Å². The second-order valence-electron chi connectivity index (χ2n) is 10.5. The van der Waals surface area contributed by atoms with Crippen molar-refractivity contribution >= 4 is 35.5 Å². The molecule has 38 heavy (non-hydrogen) atoms. The van der Waals surface area contributed by atoms with Gasteiger partial charge in [0.05, 0.1) is 13.4 Å². The summed E-state index contributed by atoms with van der Waals surface area (Å²) in [4.78, 5) is 8.02. The number of hydrogen-bond acceptors (Lipinski definition) is 6. The quantitative estimate of drug-likeness (QED) is 0.293. The lowest BCUT2D eigenvalue weighted by Crippen LogP contribution is -2.68. The van der Waals surface area contributed by atoms with Crippen molar-refractivity contribution in [2.24, 2.45) is 0 Å². The maximum atomic E-state index is 14.8. The fourth-order valence-electron chi connectivity index (χ4n) is 5.36. The maximum Gasteiger partial charge on any atom is 0.261 e. The molecular formula is C29H31FN4O3Si. The van der Waals surface area contributed by atoms with Gasteiger partial charge in [-0.15, -0.1) is 6.42 Å². The van der Waals surface area contributed by atoms with Gasteiger partial charge in [-0.1, -0.05) is 87.4 Å². The van der Waals surface area contributed by atoms with Crippen LogP contribution in [0.3, 0.4) is 0 Å². The predicted octanol–water partition coefficient (Wildman–Crippen LogP) is 3.38. The number of nitrogens with zero attached hydrogens (tertiary/aromatic N) is 3. The van der Waals surface area contributed by atoms with Gasteiger partial charge < -0.3 is 24.6 Å². The van der Waals surface area contributed by atoms with Crippen molar-refractivity contribution in [1.29, 1.82) is 0 Å². The Labute approximate surface area is 224 Å². The number of hydrogen-bond donors (Lipinski definition) is 2. The fraction of sp³-hybridized carbons (Fsp3) is 0.310. The lowest BCUT2D eigenvalue weighted by Gasteiger charge is -2.44. The smallest absolute Gasteiger partial charge is 0.261 e. The fourth-order valence-corrected chi connectivity index (χ4v) is 9.93. The normalized spacial score (nSPS) is 24.3. The molecule has 0 aliphatic carbocycles. The first-order chi connectivity index (χ1) is 18.5. The molecule has 4 aromatic rings. The van der Waals surface area contributed by atoms with Gasteiger partial charge in [-0.3, -0.25) is 0 Å². The summed E-state index contributed by atoms with van der Waals surface area (Å²) in [6, 6.07) is 19.9. The first-order valence-electron chi connectivity index (χ1n) is 12.9. The van der Waals surface area contributed by atoms with Gasteiger partial charge in [0, 0.05) is 12.6 Å². The monoisotopic (exact) mass is 531 g/mol. The minimum Gasteiger partial charge on any atom is -0.403 e. The van der Waals surface area contributed by atoms with E-state index in [9.17, 15) is 9.50 Å². The van der Waals surface area contributed by atoms with Gasteiger partial charge in [-0.05, 0) is 15.4 Å². The van der Waals surface area contributed by atoms with Crippen LogP contribution in [0.2, 0.25) is 5.04 Å². The SMILES string of the molecule is [2H][C@@]1(O)C[C@H](n2cc(F)c3c(N)ncnc32)O[C@]1(C#C)CO[Si](c1ccccc1)(c1ccccc1)C(C)(C)C. The highest BCUT2D eigenvalue weighted by Gasteiger charge is 2.54. The van der Waals surface area contributed by atoms with Gasteiger partial charge in [-0.2, -0.15) is 0 Å². The van der Waals surface area contributed by atoms with Crippen molar-refractivity contribution in [2.45, 2.75) is 50.1 Å². The average molecular weight is 532 g/mol. The maximum absolute atomic E-state index is 14.8. The van der Waals surface area contributed by atoms with Crippen molar-refractivity contribution in [1.82, 2.24) is 14.5 Å². The third-order valence-corrected chi connectivity index (χ3v) is 12.2. The molecule has 196 valence electrons. The summed E-state index contributed by atoms with van der Waals surface area (Å²) in [5.74, 6) is 1.88. The molecule has 9 heteroatoms. The summed E-state index contributed by atoms with van der Waals surface area (Å²) < 4.78 is 38.2. The van der Waals surface area contributed by atoms with E-state index in [0.717, 1.165) is 10.4 Å². The Balaban J connectivity index is 1.58. The van der Waals surface area contributed by atoms with E-state index in [2.05, 4.69) is 36.7 Å². The number of benzene rings is 2. The predicted molar refractivity (Wildman–Crippen MR) is 148 cm³/mol. The molecule has 3 atom stereocenters. The first-order valence-corrected chi connectivity index (χ1v) is 14.3. The summed E-state index contributed by atoms with van der Waals surface area (Å²) in [5.41, 5.74) is 4.20. The Morgan fingerprint density at radius 1 is 1.21 bits per heavy atom. The lowest BCUT2D eigenvalue weighted by atomic mass is 9.99. The number of fused-ring (bicyclic) bond motifs is 1. The molecule has 2 aromatic carbocycles. The van der Waals surface area contributed by atoms with Crippen molar-refractivity contribution < 1.29 is 20.0 Å². The molecule has 0 saturated carbocycles. The van der Waals surface area contributed by atoms with E-state index in [1.54, 1.807) is 0 Å². The average Bonchev–Trinajstić information content (AvgIpc) is 3.38. The van der Waals surface area contributed by atoms with Gasteiger partial charge in [-0.25, -0.2) is 14.4 Å². The number of aromatic nitrogens is 3. The number of aliphatic hydroxyl groups is 1. The number of rotatable bonds is 6. The van der Waals surface area contributed by atoms with Crippen LogP contribution >= 0.6 is 0 Å². The minimum absolute atomic E-state index is 0.0198. The van der Waals surface area contributed by atoms with Crippen LogP contribution in [0.1, 0.15) is 34.8 Å². The van der Waals surface area contributed by atoms with E-state index in [0.29, 0.717) is 0 Å². The van der Waals surface area contributed by atoms with Crippen LogP contribution in [0.4, 0.5) is 10.2 Å². The van der Waals surface area contributed by atoms with Gasteiger partial charge in [0.25, 0.3) is 8.32 Å². The Kier molecular flexibility index (Phi) is 6.28. The zero-order chi connectivity index (χ0) is 28.1. The lowest BCUT2D eigenvalue weighted by molar-refractivity contribution is -0.0857. The van der Waals surface area contributed by atoms with Gasteiger partial charge in [0.1, 0.15) is 24.5 Å². The van der Waals surface area contributed by atoms with Crippen molar-refractivity contribution in [2.75, 3.05) is 12.3 Å². The van der Waals surface area contributed by atoms with Crippen molar-refractivity contribution in [3.63, 3.8) is 0 Å².